The van der Waals surface area contributed by atoms with Crippen LogP contribution in [0.1, 0.15) is 57.9 Å². The third-order valence-corrected chi connectivity index (χ3v) is 7.78. The summed E-state index contributed by atoms with van der Waals surface area (Å²) >= 11 is 6.34. The number of carbonyl (C=O) groups excluding carboxylic acids is 1. The Kier molecular flexibility index (Phi) is 13.6. The molecule has 4 nitrogen and oxygen atoms in total. The minimum Gasteiger partial charge on any atom is -0.494 e. The van der Waals surface area contributed by atoms with Gasteiger partial charge >= 0.3 is 6.18 Å². The summed E-state index contributed by atoms with van der Waals surface area (Å²) < 4.78 is 73.5. The van der Waals surface area contributed by atoms with Crippen LogP contribution in [-0.4, -0.2) is 60.6 Å². The molecule has 0 aliphatic carbocycles. The van der Waals surface area contributed by atoms with Gasteiger partial charge in [-0.1, -0.05) is 49.8 Å². The van der Waals surface area contributed by atoms with Gasteiger partial charge in [-0.15, -0.1) is 13.2 Å². The molecule has 1 unspecified atom stereocenters. The van der Waals surface area contributed by atoms with Crippen LogP contribution in [-0.2, 0) is 4.79 Å². The van der Waals surface area contributed by atoms with Gasteiger partial charge in [-0.3, -0.25) is 4.79 Å². The Morgan fingerprint density at radius 1 is 1.17 bits per heavy atom. The maximum absolute atomic E-state index is 13.8. The molecular weight excluding hydrogens is 575 g/mol. The fourth-order valence-corrected chi connectivity index (χ4v) is 5.41. The number of amides is 1. The zero-order valence-electron chi connectivity index (χ0n) is 24.5. The molecule has 1 atom stereocenters. The molecule has 0 aromatic heterocycles. The lowest BCUT2D eigenvalue weighted by atomic mass is 9.89. The van der Waals surface area contributed by atoms with Crippen LogP contribution >= 0.6 is 11.6 Å². The maximum atomic E-state index is 13.8. The molecule has 0 radical (unpaired) electrons. The fourth-order valence-electron chi connectivity index (χ4n) is 5.13. The topological polar surface area (TPSA) is 32.8 Å². The molecule has 0 N–H and O–H groups in total. The van der Waals surface area contributed by atoms with Gasteiger partial charge in [0.2, 0.25) is 5.91 Å². The first-order valence-corrected chi connectivity index (χ1v) is 14.7. The van der Waals surface area contributed by atoms with Crippen LogP contribution in [0.3, 0.4) is 0 Å². The molecule has 234 valence electrons. The average molecular weight is 617 g/mol. The second-order valence-electron chi connectivity index (χ2n) is 10.5. The van der Waals surface area contributed by atoms with E-state index in [1.807, 2.05) is 6.92 Å². The summed E-state index contributed by atoms with van der Waals surface area (Å²) in [6.07, 6.45) is 4.30. The SMILES string of the molecule is C=C.C=C(c1ccc(OCCCCC2CCN(C(=O)C(C(/C=C\CC)=C/C)C(F)(F)F)CC2)cc1Cl)N1CC(F)(F)C1. The Morgan fingerprint density at radius 2 is 1.81 bits per heavy atom. The van der Waals surface area contributed by atoms with Crippen LogP contribution in [0.4, 0.5) is 22.0 Å². The fraction of sp³-hybridized carbons (Fsp3) is 0.531. The molecule has 2 heterocycles. The van der Waals surface area contributed by atoms with E-state index in [9.17, 15) is 26.7 Å². The quantitative estimate of drug-likeness (QED) is 0.102. The second-order valence-corrected chi connectivity index (χ2v) is 10.9. The highest BCUT2D eigenvalue weighted by molar-refractivity contribution is 6.32. The summed E-state index contributed by atoms with van der Waals surface area (Å²) in [6.45, 7) is 13.6. The Morgan fingerprint density at radius 3 is 2.33 bits per heavy atom. The van der Waals surface area contributed by atoms with Crippen LogP contribution < -0.4 is 4.74 Å². The zero-order valence-corrected chi connectivity index (χ0v) is 25.3. The highest BCUT2D eigenvalue weighted by Crippen LogP contribution is 2.37. The summed E-state index contributed by atoms with van der Waals surface area (Å²) in [4.78, 5) is 15.7. The van der Waals surface area contributed by atoms with Gasteiger partial charge in [-0.2, -0.15) is 13.2 Å². The lowest BCUT2D eigenvalue weighted by Crippen LogP contribution is -2.54. The minimum absolute atomic E-state index is 0.0110. The van der Waals surface area contributed by atoms with Crippen molar-refractivity contribution in [3.63, 3.8) is 0 Å². The van der Waals surface area contributed by atoms with Gasteiger partial charge in [0, 0.05) is 24.4 Å². The lowest BCUT2D eigenvalue weighted by molar-refractivity contribution is -0.181. The van der Waals surface area contributed by atoms with E-state index >= 15 is 0 Å². The van der Waals surface area contributed by atoms with Crippen molar-refractivity contribution < 1.29 is 31.5 Å². The predicted octanol–water partition coefficient (Wildman–Crippen LogP) is 8.94. The number of nitrogens with zero attached hydrogens (tertiary/aromatic N) is 2. The summed E-state index contributed by atoms with van der Waals surface area (Å²) in [7, 11) is 0. The van der Waals surface area contributed by atoms with Crippen molar-refractivity contribution in [3.05, 3.63) is 72.3 Å². The molecule has 2 fully saturated rings. The molecule has 1 amide bonds. The second kappa shape index (κ2) is 16.1. The number of hydrogen-bond donors (Lipinski definition) is 0. The number of benzene rings is 1. The van der Waals surface area contributed by atoms with E-state index in [2.05, 4.69) is 19.7 Å². The first-order valence-electron chi connectivity index (χ1n) is 14.3. The Labute approximate surface area is 251 Å². The largest absolute Gasteiger partial charge is 0.494 e. The van der Waals surface area contributed by atoms with Crippen molar-refractivity contribution in [3.8, 4) is 5.75 Å². The molecule has 3 rings (SSSR count). The molecule has 10 heteroatoms. The number of ether oxygens (including phenoxy) is 1. The van der Waals surface area contributed by atoms with Gasteiger partial charge in [-0.25, -0.2) is 8.78 Å². The summed E-state index contributed by atoms with van der Waals surface area (Å²) in [5, 5.41) is 0.384. The third kappa shape index (κ3) is 9.89. The van der Waals surface area contributed by atoms with Crippen molar-refractivity contribution in [2.45, 2.75) is 64.5 Å². The van der Waals surface area contributed by atoms with Crippen molar-refractivity contribution in [2.75, 3.05) is 32.8 Å². The number of allylic oxidation sites excluding steroid dienone is 3. The third-order valence-electron chi connectivity index (χ3n) is 7.47. The van der Waals surface area contributed by atoms with Crippen LogP contribution in [0.5, 0.6) is 5.75 Å². The van der Waals surface area contributed by atoms with Crippen LogP contribution in [0.15, 0.2) is 61.7 Å². The van der Waals surface area contributed by atoms with E-state index in [0.717, 1.165) is 19.3 Å². The minimum atomic E-state index is -4.64. The maximum Gasteiger partial charge on any atom is 0.404 e. The zero-order chi connectivity index (χ0) is 31.5. The highest BCUT2D eigenvalue weighted by Gasteiger charge is 2.48. The molecule has 42 heavy (non-hydrogen) atoms. The number of unbranched alkanes of at least 4 members (excludes halogenated alkanes) is 1. The van der Waals surface area contributed by atoms with Gasteiger partial charge < -0.3 is 14.5 Å². The molecule has 2 saturated heterocycles. The van der Waals surface area contributed by atoms with E-state index in [-0.39, 0.29) is 18.7 Å². The smallest absolute Gasteiger partial charge is 0.404 e. The molecule has 1 aromatic carbocycles. The number of carbonyl (C=O) groups is 1. The molecule has 0 bridgehead atoms. The van der Waals surface area contributed by atoms with Crippen molar-refractivity contribution >= 4 is 23.2 Å². The van der Waals surface area contributed by atoms with Crippen LogP contribution in [0.2, 0.25) is 5.02 Å². The summed E-state index contributed by atoms with van der Waals surface area (Å²) in [5.74, 6) is -4.76. The number of halogens is 6. The number of piperidine rings is 1. The molecular formula is C32H42ClF5N2O2. The number of alkyl halides is 5. The highest BCUT2D eigenvalue weighted by atomic mass is 35.5. The first-order chi connectivity index (χ1) is 19.9. The predicted molar refractivity (Wildman–Crippen MR) is 160 cm³/mol. The Balaban J connectivity index is 0.00000301. The molecule has 0 saturated carbocycles. The lowest BCUT2D eigenvalue weighted by Gasteiger charge is -2.41. The van der Waals surface area contributed by atoms with E-state index < -0.39 is 23.9 Å². The number of likely N-dealkylation sites (tertiary alicyclic amines) is 2. The monoisotopic (exact) mass is 616 g/mol. The van der Waals surface area contributed by atoms with E-state index in [4.69, 9.17) is 16.3 Å². The van der Waals surface area contributed by atoms with Gasteiger partial charge in [0.1, 0.15) is 5.75 Å². The average Bonchev–Trinajstić information content (AvgIpc) is 2.94. The van der Waals surface area contributed by atoms with Crippen molar-refractivity contribution in [1.29, 1.82) is 0 Å². The first kappa shape index (κ1) is 35.4. The van der Waals surface area contributed by atoms with Gasteiger partial charge in [0.05, 0.1) is 24.7 Å². The van der Waals surface area contributed by atoms with Crippen molar-refractivity contribution in [1.82, 2.24) is 9.80 Å². The molecule has 2 aliphatic heterocycles. The molecule has 0 spiro atoms. The van der Waals surface area contributed by atoms with Gasteiger partial charge in [0.25, 0.3) is 5.92 Å². The van der Waals surface area contributed by atoms with Crippen LogP contribution in [0.25, 0.3) is 5.70 Å². The number of rotatable bonds is 12. The van der Waals surface area contributed by atoms with E-state index in [1.165, 1.54) is 28.9 Å². The van der Waals surface area contributed by atoms with Crippen LogP contribution in [0, 0.1) is 11.8 Å². The molecule has 1 aromatic rings. The van der Waals surface area contributed by atoms with E-state index in [0.29, 0.717) is 66.9 Å². The van der Waals surface area contributed by atoms with Gasteiger partial charge in [0.15, 0.2) is 5.92 Å². The Bertz CT molecular complexity index is 1100. The Hall–Kier alpha value is -2.81. The molecule has 2 aliphatic rings. The summed E-state index contributed by atoms with van der Waals surface area (Å²) in [5.41, 5.74) is 1.04. The van der Waals surface area contributed by atoms with Crippen molar-refractivity contribution in [2.24, 2.45) is 11.8 Å². The van der Waals surface area contributed by atoms with E-state index in [1.54, 1.807) is 24.3 Å². The van der Waals surface area contributed by atoms with Gasteiger partial charge in [-0.05, 0) is 68.7 Å². The summed E-state index contributed by atoms with van der Waals surface area (Å²) in [6, 6.07) is 5.11. The number of hydrogen-bond acceptors (Lipinski definition) is 3. The standard InChI is InChI=1S/C30H38ClF5N2O2.C2H4/c1-4-6-10-23(5-2)27(30(34,35)36)28(39)37-15-13-22(14-16-37)9-7-8-17-40-24-11-12-25(26(31)18-24)21(3)38-19-29(32,33)20-38;1-2/h5-6,10-12,18,22,27H,3-4,7-9,13-17,19-20H2,1-2H3;1-2H2/b10-6-,23-5+;. The normalized spacial score (nSPS) is 18.2.